The lowest BCUT2D eigenvalue weighted by Gasteiger charge is -2.43. The molecular formula is C23H39N3O2. The summed E-state index contributed by atoms with van der Waals surface area (Å²) in [7, 11) is 0. The van der Waals surface area contributed by atoms with E-state index in [2.05, 4.69) is 44.7 Å². The summed E-state index contributed by atoms with van der Waals surface area (Å²) in [4.78, 5) is 32.6. The molecule has 0 radical (unpaired) electrons. The number of piperidine rings is 1. The minimum Gasteiger partial charge on any atom is -0.309 e. The number of hydrogen-bond donors (Lipinski definition) is 0. The molecule has 2 heterocycles. The van der Waals surface area contributed by atoms with Crippen LogP contribution in [-0.4, -0.2) is 64.9 Å². The number of likely N-dealkylation sites (tertiary alicyclic amines) is 1. The Labute approximate surface area is 171 Å². The molecule has 0 aromatic heterocycles. The molecule has 1 spiro atoms. The van der Waals surface area contributed by atoms with E-state index in [0.717, 1.165) is 44.8 Å². The third-order valence-electron chi connectivity index (χ3n) is 6.68. The number of urea groups is 1. The highest BCUT2D eigenvalue weighted by Crippen LogP contribution is 2.38. The number of imide groups is 1. The largest absolute Gasteiger partial charge is 0.327 e. The van der Waals surface area contributed by atoms with Crippen molar-refractivity contribution in [1.82, 2.24) is 14.7 Å². The first-order chi connectivity index (χ1) is 13.3. The predicted octanol–water partition coefficient (Wildman–Crippen LogP) is 4.14. The van der Waals surface area contributed by atoms with Crippen LogP contribution < -0.4 is 0 Å². The number of allylic oxidation sites excluding steroid dienone is 2. The summed E-state index contributed by atoms with van der Waals surface area (Å²) in [5.74, 6) is 1.64. The van der Waals surface area contributed by atoms with Crippen LogP contribution in [0, 0.1) is 17.8 Å². The lowest BCUT2D eigenvalue weighted by molar-refractivity contribution is -0.136. The van der Waals surface area contributed by atoms with E-state index >= 15 is 0 Å². The number of nitrogens with zero attached hydrogens (tertiary/aromatic N) is 3. The Morgan fingerprint density at radius 1 is 1.07 bits per heavy atom. The fourth-order valence-electron chi connectivity index (χ4n) is 4.98. The molecule has 0 saturated carbocycles. The van der Waals surface area contributed by atoms with Gasteiger partial charge in [-0.3, -0.25) is 9.69 Å². The van der Waals surface area contributed by atoms with Gasteiger partial charge in [0.1, 0.15) is 5.54 Å². The number of rotatable bonds is 7. The molecule has 3 amide bonds. The molecule has 2 saturated heterocycles. The topological polar surface area (TPSA) is 43.9 Å². The first kappa shape index (κ1) is 21.4. The molecule has 0 aromatic carbocycles. The van der Waals surface area contributed by atoms with Crippen LogP contribution in [0.1, 0.15) is 66.2 Å². The van der Waals surface area contributed by atoms with Gasteiger partial charge in [0.15, 0.2) is 0 Å². The molecular weight excluding hydrogens is 350 g/mol. The highest BCUT2D eigenvalue weighted by molar-refractivity contribution is 6.07. The maximum absolute atomic E-state index is 13.4. The first-order valence-electron chi connectivity index (χ1n) is 11.3. The highest BCUT2D eigenvalue weighted by Gasteiger charge is 2.57. The summed E-state index contributed by atoms with van der Waals surface area (Å²) in [5, 5.41) is 0. The molecule has 0 N–H and O–H groups in total. The van der Waals surface area contributed by atoms with E-state index < -0.39 is 5.54 Å². The standard InChI is InChI=1S/C23H39N3O2/c1-18(2)10-13-26-22(28)25(16-19(3)4)21(27)23(26)11-14-24(15-12-23)17-20-8-6-5-7-9-20/h5-6,18-20H,7-17H2,1-4H3/t20-/m0/s1. The third kappa shape index (κ3) is 4.45. The minimum atomic E-state index is -0.593. The van der Waals surface area contributed by atoms with Gasteiger partial charge in [0.05, 0.1) is 0 Å². The van der Waals surface area contributed by atoms with Crippen LogP contribution in [0.25, 0.3) is 0 Å². The summed E-state index contributed by atoms with van der Waals surface area (Å²) in [6.45, 7) is 12.7. The Morgan fingerprint density at radius 2 is 1.79 bits per heavy atom. The van der Waals surface area contributed by atoms with Crippen LogP contribution in [0.15, 0.2) is 12.2 Å². The van der Waals surface area contributed by atoms with E-state index in [1.807, 2.05) is 4.90 Å². The second-order valence-electron chi connectivity index (χ2n) is 9.91. The average Bonchev–Trinajstić information content (AvgIpc) is 2.84. The van der Waals surface area contributed by atoms with E-state index in [4.69, 9.17) is 0 Å². The van der Waals surface area contributed by atoms with Gasteiger partial charge in [-0.05, 0) is 56.3 Å². The molecule has 5 heteroatoms. The van der Waals surface area contributed by atoms with Gasteiger partial charge in [0, 0.05) is 32.7 Å². The molecule has 5 nitrogen and oxygen atoms in total. The second-order valence-corrected chi connectivity index (χ2v) is 9.91. The van der Waals surface area contributed by atoms with E-state index in [9.17, 15) is 9.59 Å². The maximum atomic E-state index is 13.4. The number of hydrogen-bond acceptors (Lipinski definition) is 3. The van der Waals surface area contributed by atoms with Crippen LogP contribution in [-0.2, 0) is 4.79 Å². The molecule has 0 bridgehead atoms. The van der Waals surface area contributed by atoms with Gasteiger partial charge in [-0.15, -0.1) is 0 Å². The number of carbonyl (C=O) groups excluding carboxylic acids is 2. The summed E-state index contributed by atoms with van der Waals surface area (Å²) >= 11 is 0. The highest BCUT2D eigenvalue weighted by atomic mass is 16.2. The summed E-state index contributed by atoms with van der Waals surface area (Å²) in [6, 6.07) is -0.0507. The molecule has 2 aliphatic heterocycles. The van der Waals surface area contributed by atoms with Crippen LogP contribution in [0.3, 0.4) is 0 Å². The maximum Gasteiger partial charge on any atom is 0.327 e. The van der Waals surface area contributed by atoms with Crippen molar-refractivity contribution in [3.8, 4) is 0 Å². The lowest BCUT2D eigenvalue weighted by Crippen LogP contribution is -2.57. The molecule has 3 rings (SSSR count). The normalized spacial score (nSPS) is 25.7. The van der Waals surface area contributed by atoms with Crippen molar-refractivity contribution in [2.75, 3.05) is 32.7 Å². The zero-order valence-electron chi connectivity index (χ0n) is 18.3. The van der Waals surface area contributed by atoms with E-state index in [1.165, 1.54) is 19.3 Å². The van der Waals surface area contributed by atoms with E-state index in [0.29, 0.717) is 24.9 Å². The van der Waals surface area contributed by atoms with Crippen LogP contribution >= 0.6 is 0 Å². The molecule has 3 aliphatic rings. The van der Waals surface area contributed by atoms with Gasteiger partial charge in [-0.1, -0.05) is 39.8 Å². The molecule has 0 unspecified atom stereocenters. The van der Waals surface area contributed by atoms with Crippen LogP contribution in [0.4, 0.5) is 4.79 Å². The van der Waals surface area contributed by atoms with Crippen molar-refractivity contribution >= 4 is 11.9 Å². The van der Waals surface area contributed by atoms with Crippen molar-refractivity contribution in [3.05, 3.63) is 12.2 Å². The molecule has 28 heavy (non-hydrogen) atoms. The van der Waals surface area contributed by atoms with Crippen molar-refractivity contribution in [3.63, 3.8) is 0 Å². The molecule has 1 atom stereocenters. The van der Waals surface area contributed by atoms with Gasteiger partial charge in [0.25, 0.3) is 5.91 Å². The van der Waals surface area contributed by atoms with Crippen molar-refractivity contribution in [2.45, 2.75) is 71.8 Å². The van der Waals surface area contributed by atoms with Gasteiger partial charge < -0.3 is 9.80 Å². The number of amides is 3. The van der Waals surface area contributed by atoms with E-state index in [1.54, 1.807) is 4.90 Å². The predicted molar refractivity (Wildman–Crippen MR) is 113 cm³/mol. The zero-order valence-corrected chi connectivity index (χ0v) is 18.3. The van der Waals surface area contributed by atoms with Crippen LogP contribution in [0.2, 0.25) is 0 Å². The molecule has 1 aliphatic carbocycles. The lowest BCUT2D eigenvalue weighted by atomic mass is 9.84. The molecule has 0 aromatic rings. The SMILES string of the molecule is CC(C)CCN1C(=O)N(CC(C)C)C(=O)C12CCN(C[C@H]1CC=CCC1)CC2. The summed E-state index contributed by atoms with van der Waals surface area (Å²) < 4.78 is 0. The van der Waals surface area contributed by atoms with E-state index in [-0.39, 0.29) is 11.9 Å². The summed E-state index contributed by atoms with van der Waals surface area (Å²) in [5.41, 5.74) is -0.593. The molecule has 158 valence electrons. The Morgan fingerprint density at radius 3 is 2.36 bits per heavy atom. The van der Waals surface area contributed by atoms with Gasteiger partial charge in [-0.2, -0.15) is 0 Å². The Kier molecular flexibility index (Phi) is 6.85. The smallest absolute Gasteiger partial charge is 0.309 e. The quantitative estimate of drug-likeness (QED) is 0.485. The fraction of sp³-hybridized carbons (Fsp3) is 0.826. The van der Waals surface area contributed by atoms with Crippen molar-refractivity contribution in [1.29, 1.82) is 0 Å². The first-order valence-corrected chi connectivity index (χ1v) is 11.3. The third-order valence-corrected chi connectivity index (χ3v) is 6.68. The molecule has 2 fully saturated rings. The van der Waals surface area contributed by atoms with Gasteiger partial charge in [0.2, 0.25) is 0 Å². The van der Waals surface area contributed by atoms with Gasteiger partial charge >= 0.3 is 6.03 Å². The van der Waals surface area contributed by atoms with Gasteiger partial charge in [-0.25, -0.2) is 4.79 Å². The van der Waals surface area contributed by atoms with Crippen LogP contribution in [0.5, 0.6) is 0 Å². The minimum absolute atomic E-state index is 0.0507. The Hall–Kier alpha value is -1.36. The monoisotopic (exact) mass is 389 g/mol. The summed E-state index contributed by atoms with van der Waals surface area (Å²) in [6.07, 6.45) is 10.8. The second kappa shape index (κ2) is 8.98. The number of carbonyl (C=O) groups is 2. The Bertz CT molecular complexity index is 591. The van der Waals surface area contributed by atoms with Crippen molar-refractivity contribution < 1.29 is 9.59 Å². The zero-order chi connectivity index (χ0) is 20.3. The average molecular weight is 390 g/mol. The van der Waals surface area contributed by atoms with Crippen molar-refractivity contribution in [2.24, 2.45) is 17.8 Å². The fourth-order valence-corrected chi connectivity index (χ4v) is 4.98. The Balaban J connectivity index is 1.70.